The van der Waals surface area contributed by atoms with Crippen molar-refractivity contribution in [2.24, 2.45) is 0 Å². The van der Waals surface area contributed by atoms with Crippen molar-refractivity contribution in [3.8, 4) is 0 Å². The molecule has 1 aromatic carbocycles. The minimum Gasteiger partial charge on any atom is -0.316 e. The first-order chi connectivity index (χ1) is 8.47. The van der Waals surface area contributed by atoms with E-state index in [2.05, 4.69) is 5.32 Å². The van der Waals surface area contributed by atoms with Gasteiger partial charge in [-0.25, -0.2) is 8.42 Å². The van der Waals surface area contributed by atoms with Gasteiger partial charge in [-0.05, 0) is 25.1 Å². The smallest absolute Gasteiger partial charge is 0.269 e. The molecule has 0 aliphatic rings. The number of nitrogens with zero attached hydrogens (tertiary/aromatic N) is 1. The predicted octanol–water partition coefficient (Wildman–Crippen LogP) is 1.37. The fourth-order valence-electron chi connectivity index (χ4n) is 1.40. The van der Waals surface area contributed by atoms with E-state index >= 15 is 0 Å². The van der Waals surface area contributed by atoms with E-state index in [-0.39, 0.29) is 16.3 Å². The van der Waals surface area contributed by atoms with Gasteiger partial charge in [0.1, 0.15) is 0 Å². The molecule has 1 N–H and O–H groups in total. The van der Waals surface area contributed by atoms with Crippen LogP contribution in [0.15, 0.2) is 29.2 Å². The van der Waals surface area contributed by atoms with Gasteiger partial charge in [0.2, 0.25) is 0 Å². The highest BCUT2D eigenvalue weighted by atomic mass is 32.2. The van der Waals surface area contributed by atoms with Gasteiger partial charge < -0.3 is 5.32 Å². The van der Waals surface area contributed by atoms with E-state index in [1.54, 1.807) is 0 Å². The van der Waals surface area contributed by atoms with Gasteiger partial charge in [0, 0.05) is 18.7 Å². The monoisotopic (exact) mass is 272 g/mol. The van der Waals surface area contributed by atoms with Crippen LogP contribution in [0.25, 0.3) is 0 Å². The first-order valence-corrected chi connectivity index (χ1v) is 7.30. The molecule has 1 rings (SSSR count). The minimum absolute atomic E-state index is 0.00912. The van der Waals surface area contributed by atoms with E-state index < -0.39 is 14.8 Å². The minimum atomic E-state index is -3.37. The van der Waals surface area contributed by atoms with Gasteiger partial charge in [-0.15, -0.1) is 0 Å². The van der Waals surface area contributed by atoms with Gasteiger partial charge in [0.25, 0.3) is 5.69 Å². The summed E-state index contributed by atoms with van der Waals surface area (Å²) < 4.78 is 23.7. The first kappa shape index (κ1) is 14.6. The molecule has 0 heterocycles. The van der Waals surface area contributed by atoms with Crippen LogP contribution in [0.5, 0.6) is 0 Å². The van der Waals surface area contributed by atoms with Crippen LogP contribution < -0.4 is 5.32 Å². The lowest BCUT2D eigenvalue weighted by molar-refractivity contribution is -0.384. The standard InChI is InChI=1S/C11H16N2O4S/c1-2-7-12-8-9-18(16,17)11-5-3-10(4-6-11)13(14)15/h3-6,12H,2,7-9H2,1H3. The molecule has 0 aliphatic carbocycles. The van der Waals surface area contributed by atoms with Crippen molar-refractivity contribution in [3.63, 3.8) is 0 Å². The topological polar surface area (TPSA) is 89.3 Å². The van der Waals surface area contributed by atoms with E-state index in [9.17, 15) is 18.5 Å². The van der Waals surface area contributed by atoms with Gasteiger partial charge in [-0.1, -0.05) is 6.92 Å². The molecule has 1 aromatic rings. The van der Waals surface area contributed by atoms with E-state index in [1.807, 2.05) is 6.92 Å². The van der Waals surface area contributed by atoms with E-state index in [0.717, 1.165) is 13.0 Å². The Morgan fingerprint density at radius 2 is 1.83 bits per heavy atom. The number of nitro benzene ring substituents is 1. The van der Waals surface area contributed by atoms with Crippen molar-refractivity contribution >= 4 is 15.5 Å². The molecule has 0 bridgehead atoms. The largest absolute Gasteiger partial charge is 0.316 e. The van der Waals surface area contributed by atoms with Gasteiger partial charge in [-0.2, -0.15) is 0 Å². The Kier molecular flexibility index (Phi) is 5.24. The maximum atomic E-state index is 11.9. The summed E-state index contributed by atoms with van der Waals surface area (Å²) >= 11 is 0. The summed E-state index contributed by atoms with van der Waals surface area (Å²) in [5, 5.41) is 13.5. The maximum Gasteiger partial charge on any atom is 0.269 e. The summed E-state index contributed by atoms with van der Waals surface area (Å²) in [5.41, 5.74) is -0.113. The van der Waals surface area contributed by atoms with Crippen LogP contribution in [0.1, 0.15) is 13.3 Å². The molecule has 0 aromatic heterocycles. The highest BCUT2D eigenvalue weighted by Gasteiger charge is 2.15. The average Bonchev–Trinajstić information content (AvgIpc) is 2.35. The number of sulfone groups is 1. The number of benzene rings is 1. The van der Waals surface area contributed by atoms with Crippen molar-refractivity contribution in [2.75, 3.05) is 18.8 Å². The number of nitro groups is 1. The SMILES string of the molecule is CCCNCCS(=O)(=O)c1ccc([N+](=O)[O-])cc1. The number of hydrogen-bond acceptors (Lipinski definition) is 5. The van der Waals surface area contributed by atoms with Crippen molar-refractivity contribution in [1.29, 1.82) is 0 Å². The van der Waals surface area contributed by atoms with Crippen LogP contribution >= 0.6 is 0 Å². The third-order valence-electron chi connectivity index (χ3n) is 2.38. The van der Waals surface area contributed by atoms with E-state index in [0.29, 0.717) is 6.54 Å². The molecule has 18 heavy (non-hydrogen) atoms. The maximum absolute atomic E-state index is 11.9. The highest BCUT2D eigenvalue weighted by molar-refractivity contribution is 7.91. The summed E-state index contributed by atoms with van der Waals surface area (Å²) in [6, 6.07) is 4.94. The zero-order chi connectivity index (χ0) is 13.6. The van der Waals surface area contributed by atoms with Crippen molar-refractivity contribution in [3.05, 3.63) is 34.4 Å². The van der Waals surface area contributed by atoms with E-state index in [1.165, 1.54) is 24.3 Å². The van der Waals surface area contributed by atoms with Crippen LogP contribution in [-0.2, 0) is 9.84 Å². The second-order valence-electron chi connectivity index (χ2n) is 3.82. The quantitative estimate of drug-likeness (QED) is 0.460. The zero-order valence-corrected chi connectivity index (χ0v) is 10.9. The third-order valence-corrected chi connectivity index (χ3v) is 4.11. The number of non-ortho nitro benzene ring substituents is 1. The Morgan fingerprint density at radius 1 is 1.22 bits per heavy atom. The summed E-state index contributed by atoms with van der Waals surface area (Å²) in [4.78, 5) is 10.0. The Hall–Kier alpha value is -1.47. The van der Waals surface area contributed by atoms with Gasteiger partial charge in [0.05, 0.1) is 15.6 Å². The molecule has 0 spiro atoms. The fraction of sp³-hybridized carbons (Fsp3) is 0.455. The van der Waals surface area contributed by atoms with Crippen molar-refractivity contribution in [1.82, 2.24) is 5.32 Å². The molecule has 7 heteroatoms. The molecule has 100 valence electrons. The Labute approximate surface area is 106 Å². The van der Waals surface area contributed by atoms with Crippen LogP contribution in [-0.4, -0.2) is 32.2 Å². The lowest BCUT2D eigenvalue weighted by atomic mass is 10.3. The Balaban J connectivity index is 2.70. The lowest BCUT2D eigenvalue weighted by Gasteiger charge is -2.05. The number of hydrogen-bond donors (Lipinski definition) is 1. The molecule has 0 amide bonds. The van der Waals surface area contributed by atoms with E-state index in [4.69, 9.17) is 0 Å². The Morgan fingerprint density at radius 3 is 2.33 bits per heavy atom. The second kappa shape index (κ2) is 6.46. The zero-order valence-electron chi connectivity index (χ0n) is 10.1. The van der Waals surface area contributed by atoms with Gasteiger partial charge in [-0.3, -0.25) is 10.1 Å². The van der Waals surface area contributed by atoms with Crippen LogP contribution in [0, 0.1) is 10.1 Å². The predicted molar refractivity (Wildman–Crippen MR) is 68.3 cm³/mol. The fourth-order valence-corrected chi connectivity index (χ4v) is 2.60. The van der Waals surface area contributed by atoms with Crippen LogP contribution in [0.4, 0.5) is 5.69 Å². The summed E-state index contributed by atoms with van der Waals surface area (Å²) in [5.74, 6) is -0.00912. The molecule has 0 unspecified atom stereocenters. The summed E-state index contributed by atoms with van der Waals surface area (Å²) in [6.07, 6.45) is 0.942. The highest BCUT2D eigenvalue weighted by Crippen LogP contribution is 2.16. The first-order valence-electron chi connectivity index (χ1n) is 5.65. The molecule has 0 aliphatic heterocycles. The van der Waals surface area contributed by atoms with Crippen molar-refractivity contribution < 1.29 is 13.3 Å². The van der Waals surface area contributed by atoms with Gasteiger partial charge >= 0.3 is 0 Å². The van der Waals surface area contributed by atoms with Crippen molar-refractivity contribution in [2.45, 2.75) is 18.2 Å². The number of rotatable bonds is 7. The second-order valence-corrected chi connectivity index (χ2v) is 5.93. The molecule has 0 saturated heterocycles. The number of nitrogens with one attached hydrogen (secondary N) is 1. The molecule has 0 atom stereocenters. The van der Waals surface area contributed by atoms with Crippen LogP contribution in [0.2, 0.25) is 0 Å². The molecule has 0 radical (unpaired) electrons. The molecule has 0 saturated carbocycles. The average molecular weight is 272 g/mol. The van der Waals surface area contributed by atoms with Crippen LogP contribution in [0.3, 0.4) is 0 Å². The van der Waals surface area contributed by atoms with Gasteiger partial charge in [0.15, 0.2) is 9.84 Å². The summed E-state index contributed by atoms with van der Waals surface area (Å²) in [7, 11) is -3.37. The molecular formula is C11H16N2O4S. The molecule has 0 fully saturated rings. The Bertz CT molecular complexity index is 496. The molecule has 6 nitrogen and oxygen atoms in total. The summed E-state index contributed by atoms with van der Waals surface area (Å²) in [6.45, 7) is 3.15. The normalized spacial score (nSPS) is 11.4. The molecular weight excluding hydrogens is 256 g/mol. The lowest BCUT2D eigenvalue weighted by Crippen LogP contribution is -2.23. The third kappa shape index (κ3) is 4.08.